The average molecular weight is 799 g/mol. The van der Waals surface area contributed by atoms with Crippen molar-refractivity contribution in [2.75, 3.05) is 26.9 Å². The first-order valence-electron chi connectivity index (χ1n) is 12.4. The predicted octanol–water partition coefficient (Wildman–Crippen LogP) is 4.41. The van der Waals surface area contributed by atoms with Gasteiger partial charge in [0, 0.05) is 0 Å². The molecule has 45 heavy (non-hydrogen) atoms. The largest absolute Gasteiger partial charge is 0.497 e. The van der Waals surface area contributed by atoms with Gasteiger partial charge in [0.15, 0.2) is 6.10 Å². The van der Waals surface area contributed by atoms with Gasteiger partial charge in [0.1, 0.15) is 43.0 Å². The van der Waals surface area contributed by atoms with Crippen LogP contribution in [0.2, 0.25) is 0 Å². The van der Waals surface area contributed by atoms with E-state index in [1.54, 1.807) is 30.3 Å². The molecular weight excluding hydrogens is 773 g/mol. The molecule has 0 amide bonds. The van der Waals surface area contributed by atoms with Crippen molar-refractivity contribution in [3.63, 3.8) is 0 Å². The lowest BCUT2D eigenvalue weighted by Gasteiger charge is -2.44. The molecule has 1 aliphatic rings. The molecule has 0 unspecified atom stereocenters. The van der Waals surface area contributed by atoms with E-state index in [9.17, 15) is 21.9 Å². The number of hydrogen-bond acceptors (Lipinski definition) is 13. The van der Waals surface area contributed by atoms with Gasteiger partial charge in [0.25, 0.3) is 0 Å². The zero-order valence-corrected chi connectivity index (χ0v) is 29.0. The Hall–Kier alpha value is -0.600. The molecule has 1 N–H and O–H groups in total. The Bertz CT molecular complexity index is 1420. The summed E-state index contributed by atoms with van der Waals surface area (Å²) in [6.45, 7) is -2.97. The molecule has 3 rings (SSSR count). The maximum absolute atomic E-state index is 12.9. The number of ether oxygens (including phenoxy) is 4. The number of hydrogen-bond donors (Lipinski definition) is 1. The zero-order chi connectivity index (χ0) is 33.5. The van der Waals surface area contributed by atoms with Crippen molar-refractivity contribution in [2.24, 2.45) is 0 Å². The van der Waals surface area contributed by atoms with Gasteiger partial charge in [-0.1, -0.05) is 99.9 Å². The molecular formula is C24H26Cl6O13S2. The Morgan fingerprint density at radius 2 is 1.27 bits per heavy atom. The van der Waals surface area contributed by atoms with E-state index >= 15 is 0 Å². The molecule has 0 aliphatic carbocycles. The third-order valence-corrected chi connectivity index (χ3v) is 7.94. The smallest absolute Gasteiger partial charge is 0.400 e. The first-order chi connectivity index (χ1) is 20.9. The Balaban J connectivity index is 2.05. The Labute approximate surface area is 289 Å². The van der Waals surface area contributed by atoms with Crippen LogP contribution in [0.15, 0.2) is 54.6 Å². The summed E-state index contributed by atoms with van der Waals surface area (Å²) in [5, 5.41) is 10.2. The van der Waals surface area contributed by atoms with E-state index < -0.39 is 78.9 Å². The molecule has 1 aliphatic heterocycles. The molecule has 2 aromatic carbocycles. The number of halogens is 6. The fourth-order valence-electron chi connectivity index (χ4n) is 3.69. The molecule has 5 atom stereocenters. The lowest BCUT2D eigenvalue weighted by molar-refractivity contribution is -0.277. The fraction of sp³-hybridized carbons (Fsp3) is 0.500. The Morgan fingerprint density at radius 3 is 1.76 bits per heavy atom. The molecule has 2 aromatic rings. The van der Waals surface area contributed by atoms with E-state index in [1.807, 2.05) is 0 Å². The fourth-order valence-corrected chi connectivity index (χ4v) is 6.13. The predicted molar refractivity (Wildman–Crippen MR) is 164 cm³/mol. The molecule has 21 heteroatoms. The first-order valence-corrected chi connectivity index (χ1v) is 17.3. The molecule has 1 fully saturated rings. The maximum Gasteiger partial charge on any atom is 0.400 e. The van der Waals surface area contributed by atoms with Crippen molar-refractivity contribution in [3.8, 4) is 11.5 Å². The van der Waals surface area contributed by atoms with Gasteiger partial charge in [-0.25, -0.2) is 16.7 Å². The zero-order valence-electron chi connectivity index (χ0n) is 22.8. The molecule has 1 heterocycles. The highest BCUT2D eigenvalue weighted by molar-refractivity contribution is 7.82. The monoisotopic (exact) mass is 796 g/mol. The summed E-state index contributed by atoms with van der Waals surface area (Å²) >= 11 is 33.7. The third-order valence-electron chi connectivity index (χ3n) is 5.56. The van der Waals surface area contributed by atoms with Gasteiger partial charge in [0.2, 0.25) is 13.9 Å². The van der Waals surface area contributed by atoms with Crippen LogP contribution in [0.3, 0.4) is 0 Å². The molecule has 0 spiro atoms. The van der Waals surface area contributed by atoms with Gasteiger partial charge >= 0.3 is 20.8 Å². The van der Waals surface area contributed by atoms with E-state index in [-0.39, 0.29) is 12.4 Å². The van der Waals surface area contributed by atoms with Crippen molar-refractivity contribution >= 4 is 90.4 Å². The van der Waals surface area contributed by atoms with E-state index in [0.717, 1.165) is 0 Å². The molecule has 0 aromatic heterocycles. The van der Waals surface area contributed by atoms with E-state index in [0.29, 0.717) is 11.3 Å². The summed E-state index contributed by atoms with van der Waals surface area (Å²) in [4.78, 5) is 0. The van der Waals surface area contributed by atoms with Crippen LogP contribution in [-0.4, -0.2) is 87.2 Å². The second-order valence-electron chi connectivity index (χ2n) is 8.97. The molecule has 13 nitrogen and oxygen atoms in total. The Morgan fingerprint density at radius 1 is 0.756 bits per heavy atom. The summed E-state index contributed by atoms with van der Waals surface area (Å²) in [6.07, 6.45) is -8.82. The van der Waals surface area contributed by atoms with E-state index in [2.05, 4.69) is 8.37 Å². The number of benzene rings is 2. The molecule has 0 saturated carbocycles. The number of alkyl halides is 6. The lowest BCUT2D eigenvalue weighted by atomic mass is 9.99. The molecule has 0 bridgehead atoms. The van der Waals surface area contributed by atoms with Gasteiger partial charge in [-0.2, -0.15) is 16.8 Å². The second kappa shape index (κ2) is 16.7. The minimum absolute atomic E-state index is 0.0726. The standard InChI is InChI=1S/C24H26Cl6O13S2/c1-36-16-7-9-17(10-8-16)40-22-21(43-45(34,35)39-14-24(28,29)30)20(42-44(32,33)38-13-23(25,26)27)19(18(11-31)41-22)37-12-15-5-3-2-4-6-15/h2-10,18-22,31H,11-14H2,1H3/t18-,19-,20+,21-,22-/m1/s1. The van der Waals surface area contributed by atoms with Gasteiger partial charge in [-0.15, -0.1) is 0 Å². The van der Waals surface area contributed by atoms with Crippen molar-refractivity contribution in [3.05, 3.63) is 60.2 Å². The van der Waals surface area contributed by atoms with Crippen molar-refractivity contribution in [1.29, 1.82) is 0 Å². The summed E-state index contributed by atoms with van der Waals surface area (Å²) in [5.74, 6) is 0.520. The second-order valence-corrected chi connectivity index (χ2v) is 16.5. The SMILES string of the molecule is COc1ccc(O[C@@H]2O[C@H](CO)[C@@H](OCc3ccccc3)[C@H](OS(=O)(=O)OCC(Cl)(Cl)Cl)[C@H]2OS(=O)(=O)OCC(Cl)(Cl)Cl)cc1. The minimum atomic E-state index is -5.12. The van der Waals surface area contributed by atoms with Crippen molar-refractivity contribution in [2.45, 2.75) is 44.9 Å². The highest BCUT2D eigenvalue weighted by Crippen LogP contribution is 2.35. The van der Waals surface area contributed by atoms with Crippen molar-refractivity contribution < 1.29 is 57.6 Å². The van der Waals surface area contributed by atoms with Crippen LogP contribution in [0, 0.1) is 0 Å². The molecule has 0 radical (unpaired) electrons. The summed E-state index contributed by atoms with van der Waals surface area (Å²) in [6, 6.07) is 14.4. The van der Waals surface area contributed by atoms with E-state index in [4.69, 9.17) is 96.9 Å². The first kappa shape index (κ1) is 38.8. The summed E-state index contributed by atoms with van der Waals surface area (Å²) < 4.78 is 89.8. The van der Waals surface area contributed by atoms with Crippen molar-refractivity contribution in [1.82, 2.24) is 0 Å². The van der Waals surface area contributed by atoms with Crippen LogP contribution in [-0.2, 0) is 53.6 Å². The highest BCUT2D eigenvalue weighted by Gasteiger charge is 2.53. The highest BCUT2D eigenvalue weighted by atomic mass is 35.6. The van der Waals surface area contributed by atoms with Crippen LogP contribution in [0.25, 0.3) is 0 Å². The summed E-state index contributed by atoms with van der Waals surface area (Å²) in [7, 11) is -8.80. The number of rotatable bonds is 15. The van der Waals surface area contributed by atoms with Gasteiger partial charge in [-0.05, 0) is 29.8 Å². The number of methoxy groups -OCH3 is 1. The molecule has 1 saturated heterocycles. The van der Waals surface area contributed by atoms with Crippen LogP contribution in [0.4, 0.5) is 0 Å². The van der Waals surface area contributed by atoms with Gasteiger partial charge < -0.3 is 24.1 Å². The van der Waals surface area contributed by atoms with Gasteiger partial charge in [-0.3, -0.25) is 0 Å². The van der Waals surface area contributed by atoms with Crippen LogP contribution in [0.5, 0.6) is 11.5 Å². The average Bonchev–Trinajstić information content (AvgIpc) is 2.96. The third kappa shape index (κ3) is 13.4. The Kier molecular flexibility index (Phi) is 14.4. The lowest BCUT2D eigenvalue weighted by Crippen LogP contribution is -2.63. The van der Waals surface area contributed by atoms with Crippen LogP contribution in [0.1, 0.15) is 5.56 Å². The van der Waals surface area contributed by atoms with E-state index in [1.165, 1.54) is 31.4 Å². The summed E-state index contributed by atoms with van der Waals surface area (Å²) in [5.41, 5.74) is 0.607. The number of aliphatic hydroxyl groups is 1. The van der Waals surface area contributed by atoms with Crippen LogP contribution < -0.4 is 9.47 Å². The normalized spacial score (nSPS) is 23.1. The number of aliphatic hydroxyl groups excluding tert-OH is 1. The minimum Gasteiger partial charge on any atom is -0.497 e. The van der Waals surface area contributed by atoms with Gasteiger partial charge in [0.05, 0.1) is 20.3 Å². The quantitative estimate of drug-likeness (QED) is 0.253. The van der Waals surface area contributed by atoms with Crippen LogP contribution >= 0.6 is 69.6 Å². The topological polar surface area (TPSA) is 162 Å². The molecule has 254 valence electrons. The maximum atomic E-state index is 12.9.